The molecule has 2 rings (SSSR count). The van der Waals surface area contributed by atoms with Gasteiger partial charge in [-0.05, 0) is 39.3 Å². The molecule has 2 atom stereocenters. The van der Waals surface area contributed by atoms with Crippen molar-refractivity contribution in [2.45, 2.75) is 51.6 Å². The second kappa shape index (κ2) is 8.26. The molecule has 0 spiro atoms. The van der Waals surface area contributed by atoms with Crippen molar-refractivity contribution in [2.24, 2.45) is 0 Å². The molecule has 6 nitrogen and oxygen atoms in total. The lowest BCUT2D eigenvalue weighted by atomic mass is 10.1. The zero-order valence-corrected chi connectivity index (χ0v) is 14.3. The largest absolute Gasteiger partial charge is 0.466 e. The summed E-state index contributed by atoms with van der Waals surface area (Å²) in [6.45, 7) is 5.78. The number of esters is 2. The lowest BCUT2D eigenvalue weighted by Gasteiger charge is -2.16. The average Bonchev–Trinajstić information content (AvgIpc) is 2.86. The van der Waals surface area contributed by atoms with Gasteiger partial charge in [0, 0.05) is 6.42 Å². The van der Waals surface area contributed by atoms with E-state index in [-0.39, 0.29) is 25.1 Å². The second-order valence-electron chi connectivity index (χ2n) is 6.02. The molecule has 0 radical (unpaired) electrons. The monoisotopic (exact) mass is 336 g/mol. The lowest BCUT2D eigenvalue weighted by molar-refractivity contribution is -0.152. The molecular formula is C18H24O6. The van der Waals surface area contributed by atoms with Crippen LogP contribution < -0.4 is 0 Å². The van der Waals surface area contributed by atoms with Crippen LogP contribution in [0.25, 0.3) is 0 Å². The Kier molecular flexibility index (Phi) is 6.34. The van der Waals surface area contributed by atoms with Crippen molar-refractivity contribution < 1.29 is 28.5 Å². The van der Waals surface area contributed by atoms with Gasteiger partial charge in [-0.15, -0.1) is 0 Å². The smallest absolute Gasteiger partial charge is 0.338 e. The highest BCUT2D eigenvalue weighted by Gasteiger charge is 2.41. The van der Waals surface area contributed by atoms with E-state index in [1.54, 1.807) is 45.0 Å². The number of benzene rings is 1. The van der Waals surface area contributed by atoms with Gasteiger partial charge in [-0.1, -0.05) is 18.2 Å². The summed E-state index contributed by atoms with van der Waals surface area (Å²) in [4.78, 5) is 23.5. The number of ether oxygens (including phenoxy) is 4. The van der Waals surface area contributed by atoms with E-state index in [9.17, 15) is 9.59 Å². The van der Waals surface area contributed by atoms with Crippen LogP contribution in [0.3, 0.4) is 0 Å². The Morgan fingerprint density at radius 2 is 1.75 bits per heavy atom. The summed E-state index contributed by atoms with van der Waals surface area (Å²) in [7, 11) is 0. The lowest BCUT2D eigenvalue weighted by Crippen LogP contribution is -2.30. The van der Waals surface area contributed by atoms with Crippen LogP contribution in [0.15, 0.2) is 30.3 Å². The predicted molar refractivity (Wildman–Crippen MR) is 86.4 cm³/mol. The van der Waals surface area contributed by atoms with Crippen LogP contribution in [-0.2, 0) is 23.7 Å². The van der Waals surface area contributed by atoms with Crippen LogP contribution in [0.5, 0.6) is 0 Å². The molecule has 24 heavy (non-hydrogen) atoms. The molecule has 1 heterocycles. The maximum atomic E-state index is 12.0. The highest BCUT2D eigenvalue weighted by atomic mass is 16.8. The third-order valence-corrected chi connectivity index (χ3v) is 3.61. The van der Waals surface area contributed by atoms with Crippen molar-refractivity contribution in [3.8, 4) is 0 Å². The number of hydrogen-bond donors (Lipinski definition) is 0. The molecule has 132 valence electrons. The first-order valence-electron chi connectivity index (χ1n) is 8.14. The Bertz CT molecular complexity index is 554. The third-order valence-electron chi connectivity index (χ3n) is 3.61. The molecule has 0 aromatic heterocycles. The van der Waals surface area contributed by atoms with E-state index in [0.29, 0.717) is 18.6 Å². The minimum atomic E-state index is -0.775. The van der Waals surface area contributed by atoms with E-state index in [4.69, 9.17) is 18.9 Å². The Labute approximate surface area is 142 Å². The molecule has 1 aliphatic heterocycles. The summed E-state index contributed by atoms with van der Waals surface area (Å²) in [5, 5.41) is 0. The van der Waals surface area contributed by atoms with Crippen molar-refractivity contribution in [2.75, 3.05) is 13.2 Å². The molecule has 0 N–H and O–H groups in total. The first-order valence-corrected chi connectivity index (χ1v) is 8.14. The number of carbonyl (C=O) groups excluding carboxylic acids is 2. The van der Waals surface area contributed by atoms with Gasteiger partial charge in [-0.25, -0.2) is 4.79 Å². The molecule has 1 fully saturated rings. The standard InChI is InChI=1S/C18H24O6/c1-4-21-16(19)11-10-14-15(24-18(2,3)23-14)12-22-17(20)13-8-6-5-7-9-13/h5-9,14-15H,4,10-12H2,1-3H3/t14-,15-/m0/s1. The average molecular weight is 336 g/mol. The summed E-state index contributed by atoms with van der Waals surface area (Å²) in [5.74, 6) is -1.46. The SMILES string of the molecule is CCOC(=O)CC[C@@H]1OC(C)(C)O[C@H]1COC(=O)c1ccccc1. The number of hydrogen-bond acceptors (Lipinski definition) is 6. The first kappa shape index (κ1) is 18.4. The van der Waals surface area contributed by atoms with Gasteiger partial charge in [0.2, 0.25) is 0 Å². The fourth-order valence-electron chi connectivity index (χ4n) is 2.60. The van der Waals surface area contributed by atoms with Crippen LogP contribution in [0.1, 0.15) is 44.0 Å². The fraction of sp³-hybridized carbons (Fsp3) is 0.556. The molecule has 1 saturated heterocycles. The first-order chi connectivity index (χ1) is 11.4. The van der Waals surface area contributed by atoms with E-state index in [1.165, 1.54) is 0 Å². The zero-order chi connectivity index (χ0) is 17.6. The minimum Gasteiger partial charge on any atom is -0.466 e. The molecule has 0 unspecified atom stereocenters. The molecule has 0 bridgehead atoms. The van der Waals surface area contributed by atoms with E-state index >= 15 is 0 Å². The minimum absolute atomic E-state index is 0.0741. The number of carbonyl (C=O) groups is 2. The molecular weight excluding hydrogens is 312 g/mol. The maximum absolute atomic E-state index is 12.0. The molecule has 1 aliphatic rings. The molecule has 0 saturated carbocycles. The van der Waals surface area contributed by atoms with Gasteiger partial charge in [0.05, 0.1) is 18.3 Å². The maximum Gasteiger partial charge on any atom is 0.338 e. The summed E-state index contributed by atoms with van der Waals surface area (Å²) >= 11 is 0. The van der Waals surface area contributed by atoms with Gasteiger partial charge >= 0.3 is 11.9 Å². The van der Waals surface area contributed by atoms with Gasteiger partial charge in [0.25, 0.3) is 0 Å². The summed E-state index contributed by atoms with van der Waals surface area (Å²) in [5.41, 5.74) is 0.485. The van der Waals surface area contributed by atoms with E-state index in [2.05, 4.69) is 0 Å². The zero-order valence-electron chi connectivity index (χ0n) is 14.3. The van der Waals surface area contributed by atoms with Crippen LogP contribution >= 0.6 is 0 Å². The van der Waals surface area contributed by atoms with Gasteiger partial charge < -0.3 is 18.9 Å². The van der Waals surface area contributed by atoms with Crippen molar-refractivity contribution in [3.63, 3.8) is 0 Å². The van der Waals surface area contributed by atoms with Crippen LogP contribution in [0, 0.1) is 0 Å². The van der Waals surface area contributed by atoms with E-state index < -0.39 is 17.9 Å². The number of rotatable bonds is 7. The normalized spacial score (nSPS) is 22.1. The Morgan fingerprint density at radius 3 is 2.42 bits per heavy atom. The Hall–Kier alpha value is -1.92. The summed E-state index contributed by atoms with van der Waals surface area (Å²) in [6.07, 6.45) is -0.0493. The predicted octanol–water partition coefficient (Wildman–Crippen LogP) is 2.71. The quantitative estimate of drug-likeness (QED) is 0.713. The molecule has 1 aromatic rings. The Morgan fingerprint density at radius 1 is 1.08 bits per heavy atom. The highest BCUT2D eigenvalue weighted by molar-refractivity contribution is 5.89. The van der Waals surface area contributed by atoms with Gasteiger partial charge in [-0.3, -0.25) is 4.79 Å². The van der Waals surface area contributed by atoms with Crippen molar-refractivity contribution in [1.82, 2.24) is 0 Å². The summed E-state index contributed by atoms with van der Waals surface area (Å²) < 4.78 is 21.8. The molecule has 1 aromatic carbocycles. The topological polar surface area (TPSA) is 71.1 Å². The Balaban J connectivity index is 1.88. The van der Waals surface area contributed by atoms with Crippen LogP contribution in [-0.4, -0.2) is 43.1 Å². The van der Waals surface area contributed by atoms with Crippen LogP contribution in [0.4, 0.5) is 0 Å². The molecule has 0 aliphatic carbocycles. The van der Waals surface area contributed by atoms with Crippen molar-refractivity contribution in [3.05, 3.63) is 35.9 Å². The van der Waals surface area contributed by atoms with Crippen LogP contribution in [0.2, 0.25) is 0 Å². The van der Waals surface area contributed by atoms with E-state index in [1.807, 2.05) is 6.07 Å². The highest BCUT2D eigenvalue weighted by Crippen LogP contribution is 2.31. The van der Waals surface area contributed by atoms with E-state index in [0.717, 1.165) is 0 Å². The van der Waals surface area contributed by atoms with Crippen molar-refractivity contribution in [1.29, 1.82) is 0 Å². The summed E-state index contributed by atoms with van der Waals surface area (Å²) in [6, 6.07) is 8.76. The fourth-order valence-corrected chi connectivity index (χ4v) is 2.60. The second-order valence-corrected chi connectivity index (χ2v) is 6.02. The third kappa shape index (κ3) is 5.32. The van der Waals surface area contributed by atoms with Crippen molar-refractivity contribution >= 4 is 11.9 Å². The van der Waals surface area contributed by atoms with Gasteiger partial charge in [-0.2, -0.15) is 0 Å². The van der Waals surface area contributed by atoms with Gasteiger partial charge in [0.1, 0.15) is 12.7 Å². The molecule has 6 heteroatoms. The molecule has 0 amide bonds. The van der Waals surface area contributed by atoms with Gasteiger partial charge in [0.15, 0.2) is 5.79 Å².